The van der Waals surface area contributed by atoms with Gasteiger partial charge in [-0.25, -0.2) is 9.59 Å². The number of hydrogen-bond donors (Lipinski definition) is 1. The molecule has 128 valence electrons. The molecule has 1 N–H and O–H groups in total. The van der Waals surface area contributed by atoms with Gasteiger partial charge in [-0.05, 0) is 29.8 Å². The van der Waals surface area contributed by atoms with E-state index in [4.69, 9.17) is 21.1 Å². The Labute approximate surface area is 148 Å². The Hall–Kier alpha value is -2.86. The van der Waals surface area contributed by atoms with Gasteiger partial charge in [-0.2, -0.15) is 0 Å². The standard InChI is InChI=1S/C18H14ClNO5/c1-24-17(22)12-4-2-3-5-14(12)20-16(21)15-8-10-6-7-11(19)9-13(10)18(23)25-15/h2-7,9,15H,8H2,1H3,(H,20,21)/t15-/m1/s1. The van der Waals surface area contributed by atoms with E-state index in [1.54, 1.807) is 30.3 Å². The van der Waals surface area contributed by atoms with Crippen molar-refractivity contribution >= 4 is 35.1 Å². The quantitative estimate of drug-likeness (QED) is 0.852. The van der Waals surface area contributed by atoms with Crippen LogP contribution in [0.1, 0.15) is 26.3 Å². The van der Waals surface area contributed by atoms with E-state index in [9.17, 15) is 14.4 Å². The van der Waals surface area contributed by atoms with Crippen LogP contribution in [0.15, 0.2) is 42.5 Å². The van der Waals surface area contributed by atoms with Crippen molar-refractivity contribution in [2.24, 2.45) is 0 Å². The molecule has 0 spiro atoms. The number of benzene rings is 2. The van der Waals surface area contributed by atoms with Crippen LogP contribution in [0.3, 0.4) is 0 Å². The van der Waals surface area contributed by atoms with Crippen molar-refractivity contribution in [3.05, 3.63) is 64.2 Å². The van der Waals surface area contributed by atoms with E-state index in [2.05, 4.69) is 5.32 Å². The van der Waals surface area contributed by atoms with Crippen LogP contribution in [0.5, 0.6) is 0 Å². The van der Waals surface area contributed by atoms with Crippen molar-refractivity contribution in [2.45, 2.75) is 12.5 Å². The number of para-hydroxylation sites is 1. The first-order chi connectivity index (χ1) is 12.0. The maximum atomic E-state index is 12.5. The third-order valence-electron chi connectivity index (χ3n) is 3.83. The topological polar surface area (TPSA) is 81.7 Å². The molecule has 1 heterocycles. The van der Waals surface area contributed by atoms with Crippen molar-refractivity contribution in [3.8, 4) is 0 Å². The van der Waals surface area contributed by atoms with E-state index in [0.29, 0.717) is 16.1 Å². The minimum atomic E-state index is -0.994. The van der Waals surface area contributed by atoms with Crippen LogP contribution >= 0.6 is 11.6 Å². The number of ether oxygens (including phenoxy) is 2. The molecule has 3 rings (SSSR count). The second-order valence-corrected chi connectivity index (χ2v) is 5.86. The highest BCUT2D eigenvalue weighted by atomic mass is 35.5. The van der Waals surface area contributed by atoms with Crippen molar-refractivity contribution in [1.29, 1.82) is 0 Å². The summed E-state index contributed by atoms with van der Waals surface area (Å²) >= 11 is 5.88. The number of nitrogens with one attached hydrogen (secondary N) is 1. The summed E-state index contributed by atoms with van der Waals surface area (Å²) in [5.41, 5.74) is 1.54. The fourth-order valence-electron chi connectivity index (χ4n) is 2.59. The molecule has 2 aromatic carbocycles. The number of halogens is 1. The number of anilines is 1. The monoisotopic (exact) mass is 359 g/mol. The first kappa shape index (κ1) is 17.0. The van der Waals surface area contributed by atoms with Crippen molar-refractivity contribution in [3.63, 3.8) is 0 Å². The number of methoxy groups -OCH3 is 1. The lowest BCUT2D eigenvalue weighted by Crippen LogP contribution is -2.38. The smallest absolute Gasteiger partial charge is 0.339 e. The molecular formula is C18H14ClNO5. The molecule has 1 amide bonds. The molecule has 0 saturated carbocycles. The molecule has 1 aliphatic heterocycles. The normalized spacial score (nSPS) is 15.8. The summed E-state index contributed by atoms with van der Waals surface area (Å²) in [5, 5.41) is 3.04. The Morgan fingerprint density at radius 2 is 2.00 bits per heavy atom. The summed E-state index contributed by atoms with van der Waals surface area (Å²) in [7, 11) is 1.26. The summed E-state index contributed by atoms with van der Waals surface area (Å²) in [6, 6.07) is 11.3. The van der Waals surface area contributed by atoms with E-state index in [1.807, 2.05) is 0 Å². The minimum Gasteiger partial charge on any atom is -0.465 e. The second-order valence-electron chi connectivity index (χ2n) is 5.43. The lowest BCUT2D eigenvalue weighted by molar-refractivity contribution is -0.125. The molecule has 0 fully saturated rings. The Kier molecular flexibility index (Phi) is 4.72. The van der Waals surface area contributed by atoms with Gasteiger partial charge < -0.3 is 14.8 Å². The van der Waals surface area contributed by atoms with E-state index in [0.717, 1.165) is 0 Å². The molecule has 7 heteroatoms. The van der Waals surface area contributed by atoms with E-state index >= 15 is 0 Å². The van der Waals surface area contributed by atoms with Gasteiger partial charge in [-0.3, -0.25) is 4.79 Å². The number of amides is 1. The highest BCUT2D eigenvalue weighted by Gasteiger charge is 2.32. The zero-order valence-electron chi connectivity index (χ0n) is 13.2. The van der Waals surface area contributed by atoms with Gasteiger partial charge in [0, 0.05) is 11.4 Å². The molecule has 25 heavy (non-hydrogen) atoms. The third kappa shape index (κ3) is 3.49. The summed E-state index contributed by atoms with van der Waals surface area (Å²) < 4.78 is 9.89. The number of rotatable bonds is 3. The molecular weight excluding hydrogens is 346 g/mol. The van der Waals surface area contributed by atoms with Gasteiger partial charge in [0.25, 0.3) is 5.91 Å². The lowest BCUT2D eigenvalue weighted by Gasteiger charge is -2.24. The van der Waals surface area contributed by atoms with Crippen molar-refractivity contribution in [1.82, 2.24) is 0 Å². The summed E-state index contributed by atoms with van der Waals surface area (Å²) in [4.78, 5) is 36.3. The SMILES string of the molecule is COC(=O)c1ccccc1NC(=O)[C@H]1Cc2ccc(Cl)cc2C(=O)O1. The van der Waals surface area contributed by atoms with Crippen LogP contribution in [0.2, 0.25) is 5.02 Å². The van der Waals surface area contributed by atoms with Gasteiger partial charge in [-0.1, -0.05) is 29.8 Å². The van der Waals surface area contributed by atoms with Crippen LogP contribution < -0.4 is 5.32 Å². The first-order valence-corrected chi connectivity index (χ1v) is 7.85. The minimum absolute atomic E-state index is 0.215. The fourth-order valence-corrected chi connectivity index (χ4v) is 2.76. The molecule has 1 aliphatic rings. The van der Waals surface area contributed by atoms with Gasteiger partial charge in [0.1, 0.15) is 0 Å². The number of carbonyl (C=O) groups is 3. The van der Waals surface area contributed by atoms with Gasteiger partial charge in [0.15, 0.2) is 6.10 Å². The highest BCUT2D eigenvalue weighted by Crippen LogP contribution is 2.25. The molecule has 0 bridgehead atoms. The predicted octanol–water partition coefficient (Wildman–Crippen LogP) is 2.85. The van der Waals surface area contributed by atoms with E-state index in [1.165, 1.54) is 19.2 Å². The van der Waals surface area contributed by atoms with Crippen LogP contribution in [0, 0.1) is 0 Å². The molecule has 0 unspecified atom stereocenters. The number of hydrogen-bond acceptors (Lipinski definition) is 5. The Morgan fingerprint density at radius 1 is 1.24 bits per heavy atom. The molecule has 2 aromatic rings. The van der Waals surface area contributed by atoms with Crippen LogP contribution in [0.25, 0.3) is 0 Å². The first-order valence-electron chi connectivity index (χ1n) is 7.47. The van der Waals surface area contributed by atoms with Gasteiger partial charge in [0.05, 0.1) is 23.9 Å². The fraction of sp³-hybridized carbons (Fsp3) is 0.167. The largest absolute Gasteiger partial charge is 0.465 e. The summed E-state index contributed by atoms with van der Waals surface area (Å²) in [6.45, 7) is 0. The Morgan fingerprint density at radius 3 is 2.76 bits per heavy atom. The van der Waals surface area contributed by atoms with Crippen molar-refractivity contribution in [2.75, 3.05) is 12.4 Å². The average molecular weight is 360 g/mol. The maximum Gasteiger partial charge on any atom is 0.339 e. The highest BCUT2D eigenvalue weighted by molar-refractivity contribution is 6.31. The van der Waals surface area contributed by atoms with Crippen molar-refractivity contribution < 1.29 is 23.9 Å². The van der Waals surface area contributed by atoms with Gasteiger partial charge in [0.2, 0.25) is 0 Å². The zero-order chi connectivity index (χ0) is 18.0. The number of esters is 2. The third-order valence-corrected chi connectivity index (χ3v) is 4.06. The number of cyclic esters (lactones) is 1. The number of carbonyl (C=O) groups excluding carboxylic acids is 3. The zero-order valence-corrected chi connectivity index (χ0v) is 14.0. The number of fused-ring (bicyclic) bond motifs is 1. The average Bonchev–Trinajstić information content (AvgIpc) is 2.62. The molecule has 0 saturated heterocycles. The van der Waals surface area contributed by atoms with E-state index in [-0.39, 0.29) is 17.7 Å². The molecule has 6 nitrogen and oxygen atoms in total. The Bertz CT molecular complexity index is 864. The second kappa shape index (κ2) is 6.94. The molecule has 0 aromatic heterocycles. The van der Waals surface area contributed by atoms with Crippen LogP contribution in [0.4, 0.5) is 5.69 Å². The van der Waals surface area contributed by atoms with E-state index < -0.39 is 23.9 Å². The predicted molar refractivity (Wildman–Crippen MR) is 90.8 cm³/mol. The van der Waals surface area contributed by atoms with Crippen LogP contribution in [-0.2, 0) is 20.7 Å². The summed E-state index contributed by atoms with van der Waals surface area (Å²) in [6.07, 6.45) is -0.767. The van der Waals surface area contributed by atoms with Crippen LogP contribution in [-0.4, -0.2) is 31.1 Å². The molecule has 0 aliphatic carbocycles. The summed E-state index contributed by atoms with van der Waals surface area (Å²) in [5.74, 6) is -1.70. The Balaban J connectivity index is 1.80. The lowest BCUT2D eigenvalue weighted by atomic mass is 9.98. The van der Waals surface area contributed by atoms with Gasteiger partial charge in [-0.15, -0.1) is 0 Å². The maximum absolute atomic E-state index is 12.5. The molecule has 0 radical (unpaired) electrons. The van der Waals surface area contributed by atoms with Gasteiger partial charge >= 0.3 is 11.9 Å². The molecule has 1 atom stereocenters.